The topological polar surface area (TPSA) is 60.4 Å². The second kappa shape index (κ2) is 6.38. The van der Waals surface area contributed by atoms with Crippen molar-refractivity contribution in [2.24, 2.45) is 11.3 Å². The van der Waals surface area contributed by atoms with Gasteiger partial charge in [0.25, 0.3) is 0 Å². The summed E-state index contributed by atoms with van der Waals surface area (Å²) in [6.45, 7) is 9.43. The molecule has 0 fully saturated rings. The number of carbonyl (C=O) groups is 1. The van der Waals surface area contributed by atoms with Crippen molar-refractivity contribution in [2.75, 3.05) is 18.1 Å². The molecule has 102 valence electrons. The van der Waals surface area contributed by atoms with E-state index < -0.39 is 9.84 Å². The van der Waals surface area contributed by atoms with Gasteiger partial charge in [-0.1, -0.05) is 27.7 Å². The fourth-order valence-electron chi connectivity index (χ4n) is 1.49. The average molecular weight is 264 g/mol. The zero-order valence-corrected chi connectivity index (χ0v) is 12.3. The van der Waals surface area contributed by atoms with Crippen LogP contribution in [0, 0.1) is 11.3 Å². The summed E-state index contributed by atoms with van der Waals surface area (Å²) in [5, 5.41) is 0. The molecule has 0 heterocycles. The molecule has 0 aromatic carbocycles. The molecule has 0 aliphatic rings. The molecule has 0 saturated heterocycles. The predicted molar refractivity (Wildman–Crippen MR) is 68.5 cm³/mol. The Morgan fingerprint density at radius 2 is 1.82 bits per heavy atom. The minimum absolute atomic E-state index is 0.0459. The summed E-state index contributed by atoms with van der Waals surface area (Å²) >= 11 is 0. The molecule has 0 radical (unpaired) electrons. The molecule has 0 saturated carbocycles. The molecule has 0 bridgehead atoms. The van der Waals surface area contributed by atoms with Crippen LogP contribution in [-0.2, 0) is 19.4 Å². The zero-order valence-electron chi connectivity index (χ0n) is 11.4. The number of sulfone groups is 1. The molecule has 0 aliphatic heterocycles. The summed E-state index contributed by atoms with van der Waals surface area (Å²) in [6.07, 6.45) is 0.331. The smallest absolute Gasteiger partial charge is 0.308 e. The van der Waals surface area contributed by atoms with Gasteiger partial charge in [-0.25, -0.2) is 8.42 Å². The molecule has 0 aliphatic carbocycles. The van der Waals surface area contributed by atoms with Gasteiger partial charge in [0.15, 0.2) is 9.84 Å². The van der Waals surface area contributed by atoms with Crippen LogP contribution in [0.4, 0.5) is 0 Å². The number of esters is 1. The third kappa shape index (κ3) is 8.18. The normalized spacial score (nSPS) is 14.4. The second-order valence-corrected chi connectivity index (χ2v) is 7.78. The van der Waals surface area contributed by atoms with Gasteiger partial charge in [0.05, 0.1) is 24.0 Å². The first kappa shape index (κ1) is 16.4. The lowest BCUT2D eigenvalue weighted by Crippen LogP contribution is -2.25. The van der Waals surface area contributed by atoms with Crippen molar-refractivity contribution in [3.63, 3.8) is 0 Å². The highest BCUT2D eigenvalue weighted by Crippen LogP contribution is 2.18. The Kier molecular flexibility index (Phi) is 6.16. The van der Waals surface area contributed by atoms with Crippen LogP contribution in [0.1, 0.15) is 41.0 Å². The number of carbonyl (C=O) groups excluding carboxylic acids is 1. The molecule has 17 heavy (non-hydrogen) atoms. The summed E-state index contributed by atoms with van der Waals surface area (Å²) in [5.74, 6) is -0.483. The first-order valence-electron chi connectivity index (χ1n) is 5.94. The lowest BCUT2D eigenvalue weighted by Gasteiger charge is -2.18. The third-order valence-electron chi connectivity index (χ3n) is 2.20. The van der Waals surface area contributed by atoms with Crippen molar-refractivity contribution < 1.29 is 17.9 Å². The summed E-state index contributed by atoms with van der Waals surface area (Å²) < 4.78 is 28.4. The van der Waals surface area contributed by atoms with E-state index in [9.17, 15) is 13.2 Å². The molecular weight excluding hydrogens is 240 g/mol. The number of hydrogen-bond donors (Lipinski definition) is 0. The number of ether oxygens (including phenoxy) is 1. The van der Waals surface area contributed by atoms with E-state index in [0.717, 1.165) is 0 Å². The molecule has 0 N–H and O–H groups in total. The second-order valence-electron chi connectivity index (χ2n) is 5.59. The molecule has 1 atom stereocenters. The van der Waals surface area contributed by atoms with E-state index >= 15 is 0 Å². The Labute approximate surface area is 105 Å². The van der Waals surface area contributed by atoms with Crippen LogP contribution in [-0.4, -0.2) is 32.5 Å². The minimum Gasteiger partial charge on any atom is -0.466 e. The Morgan fingerprint density at radius 1 is 1.29 bits per heavy atom. The standard InChI is InChI=1S/C12H24O4S/c1-6-16-11(13)10(2)7-8-17(14,15)9-12(3,4)5/h10H,6-9H2,1-5H3/t10-/m0/s1. The Hall–Kier alpha value is -0.580. The summed E-state index contributed by atoms with van der Waals surface area (Å²) in [7, 11) is -3.09. The van der Waals surface area contributed by atoms with Crippen molar-refractivity contribution in [1.82, 2.24) is 0 Å². The van der Waals surface area contributed by atoms with Crippen molar-refractivity contribution in [1.29, 1.82) is 0 Å². The molecule has 5 heteroatoms. The Morgan fingerprint density at radius 3 is 2.24 bits per heavy atom. The minimum atomic E-state index is -3.09. The van der Waals surface area contributed by atoms with E-state index in [1.807, 2.05) is 20.8 Å². The van der Waals surface area contributed by atoms with Crippen LogP contribution in [0.3, 0.4) is 0 Å². The maximum Gasteiger partial charge on any atom is 0.308 e. The van der Waals surface area contributed by atoms with Crippen LogP contribution >= 0.6 is 0 Å². The molecule has 0 rings (SSSR count). The first-order chi connectivity index (χ1) is 7.57. The monoisotopic (exact) mass is 264 g/mol. The molecule has 0 unspecified atom stereocenters. The highest BCUT2D eigenvalue weighted by atomic mass is 32.2. The van der Waals surface area contributed by atoms with Crippen molar-refractivity contribution >= 4 is 15.8 Å². The molecular formula is C12H24O4S. The van der Waals surface area contributed by atoms with Gasteiger partial charge in [-0.2, -0.15) is 0 Å². The van der Waals surface area contributed by atoms with Gasteiger partial charge >= 0.3 is 5.97 Å². The summed E-state index contributed by atoms with van der Waals surface area (Å²) in [4.78, 5) is 11.3. The van der Waals surface area contributed by atoms with Crippen molar-refractivity contribution in [3.05, 3.63) is 0 Å². The molecule has 0 aromatic rings. The lowest BCUT2D eigenvalue weighted by molar-refractivity contribution is -0.147. The van der Waals surface area contributed by atoms with Crippen LogP contribution < -0.4 is 0 Å². The number of hydrogen-bond acceptors (Lipinski definition) is 4. The largest absolute Gasteiger partial charge is 0.466 e. The van der Waals surface area contributed by atoms with Gasteiger partial charge in [-0.15, -0.1) is 0 Å². The quantitative estimate of drug-likeness (QED) is 0.689. The average Bonchev–Trinajstić information content (AvgIpc) is 2.10. The van der Waals surface area contributed by atoms with E-state index in [1.165, 1.54) is 0 Å². The first-order valence-corrected chi connectivity index (χ1v) is 7.76. The summed E-state index contributed by atoms with van der Waals surface area (Å²) in [6, 6.07) is 0. The number of rotatable bonds is 6. The van der Waals surface area contributed by atoms with Crippen LogP contribution in [0.2, 0.25) is 0 Å². The Balaban J connectivity index is 4.24. The van der Waals surface area contributed by atoms with Crippen LogP contribution in [0.15, 0.2) is 0 Å². The van der Waals surface area contributed by atoms with Gasteiger partial charge < -0.3 is 4.74 Å². The highest BCUT2D eigenvalue weighted by Gasteiger charge is 2.23. The maximum atomic E-state index is 11.8. The van der Waals surface area contributed by atoms with Gasteiger partial charge in [-0.05, 0) is 18.8 Å². The molecule has 0 spiro atoms. The van der Waals surface area contributed by atoms with Crippen molar-refractivity contribution in [3.8, 4) is 0 Å². The summed E-state index contributed by atoms with van der Waals surface area (Å²) in [5.41, 5.74) is -0.244. The van der Waals surface area contributed by atoms with E-state index in [4.69, 9.17) is 4.74 Å². The highest BCUT2D eigenvalue weighted by molar-refractivity contribution is 7.91. The fourth-order valence-corrected chi connectivity index (χ4v) is 3.67. The zero-order chi connectivity index (χ0) is 13.7. The third-order valence-corrected chi connectivity index (χ3v) is 4.37. The van der Waals surface area contributed by atoms with Gasteiger partial charge in [-0.3, -0.25) is 4.79 Å². The maximum absolute atomic E-state index is 11.8. The molecule has 0 aromatic heterocycles. The Bertz CT molecular complexity index is 338. The molecule has 0 amide bonds. The van der Waals surface area contributed by atoms with Crippen molar-refractivity contribution in [2.45, 2.75) is 41.0 Å². The van der Waals surface area contributed by atoms with E-state index in [2.05, 4.69) is 0 Å². The SMILES string of the molecule is CCOC(=O)[C@@H](C)CCS(=O)(=O)CC(C)(C)C. The molecule has 4 nitrogen and oxygen atoms in total. The van der Waals surface area contributed by atoms with Gasteiger partial charge in [0.2, 0.25) is 0 Å². The lowest BCUT2D eigenvalue weighted by atomic mass is 10.0. The van der Waals surface area contributed by atoms with E-state index in [1.54, 1.807) is 13.8 Å². The van der Waals surface area contributed by atoms with Crippen LogP contribution in [0.25, 0.3) is 0 Å². The van der Waals surface area contributed by atoms with Crippen LogP contribution in [0.5, 0.6) is 0 Å². The predicted octanol–water partition coefficient (Wildman–Crippen LogP) is 2.04. The van der Waals surface area contributed by atoms with E-state index in [0.29, 0.717) is 13.0 Å². The van der Waals surface area contributed by atoms with Gasteiger partial charge in [0.1, 0.15) is 0 Å². The van der Waals surface area contributed by atoms with Gasteiger partial charge in [0, 0.05) is 0 Å². The van der Waals surface area contributed by atoms with E-state index in [-0.39, 0.29) is 28.8 Å². The fraction of sp³-hybridized carbons (Fsp3) is 0.917.